The van der Waals surface area contributed by atoms with E-state index in [9.17, 15) is 22.8 Å². The van der Waals surface area contributed by atoms with Gasteiger partial charge < -0.3 is 66.6 Å². The number of aromatic amines is 1. The first-order chi connectivity index (χ1) is 52.6. The van der Waals surface area contributed by atoms with Crippen molar-refractivity contribution in [1.29, 1.82) is 0 Å². The average molecular weight is 1540 g/mol. The van der Waals surface area contributed by atoms with Gasteiger partial charge >= 0.3 is 6.09 Å². The lowest BCUT2D eigenvalue weighted by atomic mass is 9.77. The van der Waals surface area contributed by atoms with Crippen LogP contribution in [0, 0.1) is 11.8 Å². The molecular formula is C86H106N10O14S. The maximum Gasteiger partial charge on any atom is 0.408 e. The second-order valence-corrected chi connectivity index (χ2v) is 34.1. The number of alkyl carbamates (subject to hydrolysis) is 1. The van der Waals surface area contributed by atoms with Crippen LogP contribution < -0.4 is 42.5 Å². The van der Waals surface area contributed by atoms with Crippen LogP contribution in [0.1, 0.15) is 155 Å². The van der Waals surface area contributed by atoms with Gasteiger partial charge in [0.05, 0.1) is 39.6 Å². The molecule has 3 heterocycles. The number of aromatic nitrogens is 1. The largest absolute Gasteiger partial charge is 0.444 e. The van der Waals surface area contributed by atoms with Crippen molar-refractivity contribution in [2.24, 2.45) is 11.8 Å². The molecule has 10 rings (SSSR count). The Balaban J connectivity index is 0.939. The molecule has 0 bridgehead atoms. The molecule has 9 N–H and O–H groups in total. The van der Waals surface area contributed by atoms with E-state index >= 15 is 28.8 Å². The Kier molecular flexibility index (Phi) is 26.7. The number of likely N-dealkylation sites (tertiary alicyclic amines) is 1. The van der Waals surface area contributed by atoms with Crippen molar-refractivity contribution in [3.05, 3.63) is 214 Å². The Morgan fingerprint density at radius 3 is 1.62 bits per heavy atom. The van der Waals surface area contributed by atoms with Crippen molar-refractivity contribution >= 4 is 80.2 Å². The van der Waals surface area contributed by atoms with Crippen molar-refractivity contribution in [3.63, 3.8) is 0 Å². The molecule has 3 aliphatic rings. The molecule has 1 saturated heterocycles. The van der Waals surface area contributed by atoms with Crippen molar-refractivity contribution in [1.82, 2.24) is 52.4 Å². The van der Waals surface area contributed by atoms with Gasteiger partial charge in [0.15, 0.2) is 0 Å². The fraction of sp³-hybridized carbons (Fsp3) is 0.430. The number of H-pyrrole nitrogens is 1. The van der Waals surface area contributed by atoms with E-state index < -0.39 is 153 Å². The molecule has 1 aromatic heterocycles. The van der Waals surface area contributed by atoms with Crippen LogP contribution in [0.25, 0.3) is 17.0 Å². The monoisotopic (exact) mass is 1530 g/mol. The number of carbonyl (C=O) groups is 9. The molecule has 111 heavy (non-hydrogen) atoms. The van der Waals surface area contributed by atoms with Crippen molar-refractivity contribution in [2.45, 2.75) is 216 Å². The second kappa shape index (κ2) is 35.7. The molecule has 9 atom stereocenters. The van der Waals surface area contributed by atoms with E-state index in [1.807, 2.05) is 143 Å². The molecule has 9 amide bonds. The SMILES string of the molecule is CC(C)C[C@H](NC(=O)OCC1=Cc2ccccc2S1(=O)=O)C(=O)N[C@H](C(=O)N[C@@H](Cc1ccccc1)C(=O)N[C@H](C(=O)N1CCC[C@H]1C(=O)N[C@@H](CC(=O)NC(c1ccccc1)(c1ccccc1)c1ccccc1)C(=O)N[C@@H](Cc1c[nH]c2ccccc12)C(=O)NC(C)(C)C1CC1)[C@@H](C)OC(C)(C)C)[C@@H](C)OC(C)(C)C. The van der Waals surface area contributed by atoms with Crippen LogP contribution in [0.5, 0.6) is 0 Å². The normalized spacial score (nSPS) is 17.1. The number of benzene rings is 6. The van der Waals surface area contributed by atoms with Crippen molar-refractivity contribution in [3.8, 4) is 0 Å². The fourth-order valence-corrected chi connectivity index (χ4v) is 16.2. The van der Waals surface area contributed by atoms with Crippen LogP contribution in [-0.2, 0) is 80.8 Å². The Morgan fingerprint density at radius 1 is 0.532 bits per heavy atom. The number of rotatable bonds is 33. The van der Waals surface area contributed by atoms with Crippen LogP contribution in [0.4, 0.5) is 4.79 Å². The zero-order chi connectivity index (χ0) is 80.2. The highest BCUT2D eigenvalue weighted by atomic mass is 32.2. The molecule has 2 fully saturated rings. The predicted octanol–water partition coefficient (Wildman–Crippen LogP) is 9.55. The first kappa shape index (κ1) is 83.0. The highest BCUT2D eigenvalue weighted by Crippen LogP contribution is 2.40. The highest BCUT2D eigenvalue weighted by Gasteiger charge is 2.46. The molecule has 7 aromatic rings. The van der Waals surface area contributed by atoms with Gasteiger partial charge in [-0.15, -0.1) is 0 Å². The van der Waals surface area contributed by atoms with Gasteiger partial charge in [-0.3, -0.25) is 38.4 Å². The summed E-state index contributed by atoms with van der Waals surface area (Å²) in [5.41, 5.74) is 0.818. The van der Waals surface area contributed by atoms with Crippen LogP contribution in [0.2, 0.25) is 0 Å². The molecule has 0 spiro atoms. The molecule has 0 radical (unpaired) electrons. The topological polar surface area (TPSA) is 331 Å². The summed E-state index contributed by atoms with van der Waals surface area (Å²) in [6, 6.07) is 40.7. The minimum absolute atomic E-state index is 0.00331. The van der Waals surface area contributed by atoms with Gasteiger partial charge in [0.2, 0.25) is 57.1 Å². The number of fused-ring (bicyclic) bond motifs is 2. The van der Waals surface area contributed by atoms with Gasteiger partial charge in [-0.25, -0.2) is 13.2 Å². The standard InChI is InChI=1S/C86H106N10O14S/c1-53(2)46-66(91-82(105)108-52-63-48-57-32-25-28-42-71(57)111(63,106)107)76(99)92-73(54(3)109-83(5,6)7)80(103)90-67(47-56-30-17-13-18-31-56)77(100)93-74(55(4)110-84(8,9)10)81(104)96-45-29-41-70(96)79(102)89-69(50-72(97)94-86(60-33-19-14-20-34-60,61-35-21-15-22-36-61)62-37-23-16-24-38-62)75(98)88-68(78(101)95-85(11,12)59-43-44-59)49-58-51-87-65-40-27-26-39-64(58)65/h13-28,30-40,42,48,51,53-55,59,66-70,73-74,87H,29,41,43-47,49-50,52H2,1-12H3,(H,88,98)(H,89,102)(H,90,103)(H,91,105)(H,92,99)(H,93,100)(H,94,97)(H,95,101)/t54-,55-,66+,67+,68+,69+,70+,73+,74+/m1/s1. The summed E-state index contributed by atoms with van der Waals surface area (Å²) in [7, 11) is -3.96. The van der Waals surface area contributed by atoms with Crippen LogP contribution in [-0.4, -0.2) is 156 Å². The summed E-state index contributed by atoms with van der Waals surface area (Å²) in [5.74, 6) is -6.15. The van der Waals surface area contributed by atoms with Crippen LogP contribution in [0.15, 0.2) is 186 Å². The molecule has 590 valence electrons. The van der Waals surface area contributed by atoms with Crippen molar-refractivity contribution < 1.29 is 65.8 Å². The summed E-state index contributed by atoms with van der Waals surface area (Å²) < 4.78 is 44.9. The minimum atomic E-state index is -3.96. The number of amides is 9. The number of ether oxygens (including phenoxy) is 3. The van der Waals surface area contributed by atoms with E-state index in [0.717, 1.165) is 29.3 Å². The van der Waals surface area contributed by atoms with E-state index in [1.54, 1.807) is 110 Å². The summed E-state index contributed by atoms with van der Waals surface area (Å²) in [6.45, 7) is 20.6. The smallest absolute Gasteiger partial charge is 0.408 e. The zero-order valence-electron chi connectivity index (χ0n) is 65.3. The number of para-hydroxylation sites is 1. The lowest BCUT2D eigenvalue weighted by Crippen LogP contribution is -2.63. The van der Waals surface area contributed by atoms with E-state index in [4.69, 9.17) is 14.2 Å². The summed E-state index contributed by atoms with van der Waals surface area (Å²) in [4.78, 5) is 141. The van der Waals surface area contributed by atoms with Crippen molar-refractivity contribution in [2.75, 3.05) is 13.2 Å². The quantitative estimate of drug-likeness (QED) is 0.0173. The molecule has 1 saturated carbocycles. The molecule has 2 aliphatic heterocycles. The fourth-order valence-electron chi connectivity index (χ4n) is 14.7. The second-order valence-electron chi connectivity index (χ2n) is 32.1. The Bertz CT molecular complexity index is 4520. The number of hydrogen-bond acceptors (Lipinski definition) is 14. The van der Waals surface area contributed by atoms with Gasteiger partial charge in [-0.1, -0.05) is 172 Å². The Labute approximate surface area is 650 Å². The van der Waals surface area contributed by atoms with E-state index in [-0.39, 0.29) is 60.3 Å². The molecule has 6 aromatic carbocycles. The van der Waals surface area contributed by atoms with E-state index in [2.05, 4.69) is 47.5 Å². The predicted molar refractivity (Wildman–Crippen MR) is 423 cm³/mol. The Morgan fingerprint density at radius 2 is 1.05 bits per heavy atom. The maximum absolute atomic E-state index is 15.8. The number of carbonyl (C=O) groups excluding carboxylic acids is 9. The lowest BCUT2D eigenvalue weighted by molar-refractivity contribution is -0.149. The van der Waals surface area contributed by atoms with E-state index in [0.29, 0.717) is 27.8 Å². The zero-order valence-corrected chi connectivity index (χ0v) is 66.1. The van der Waals surface area contributed by atoms with Gasteiger partial charge in [-0.05, 0) is 165 Å². The summed E-state index contributed by atoms with van der Waals surface area (Å²) in [6.07, 6.45) is 1.31. The number of hydrogen-bond donors (Lipinski definition) is 9. The van der Waals surface area contributed by atoms with Gasteiger partial charge in [-0.2, -0.15) is 0 Å². The van der Waals surface area contributed by atoms with Crippen LogP contribution in [0.3, 0.4) is 0 Å². The third-order valence-electron chi connectivity index (χ3n) is 20.2. The number of nitrogens with zero attached hydrogens (tertiary/aromatic N) is 1. The van der Waals surface area contributed by atoms with E-state index in [1.165, 1.54) is 17.0 Å². The molecule has 24 nitrogen and oxygen atoms in total. The summed E-state index contributed by atoms with van der Waals surface area (Å²) >= 11 is 0. The van der Waals surface area contributed by atoms with Gasteiger partial charge in [0, 0.05) is 42.0 Å². The molecule has 0 unspecified atom stereocenters. The highest BCUT2D eigenvalue weighted by molar-refractivity contribution is 7.95. The number of sulfone groups is 1. The first-order valence-corrected chi connectivity index (χ1v) is 39.6. The third-order valence-corrected chi connectivity index (χ3v) is 22.1. The minimum Gasteiger partial charge on any atom is -0.444 e. The van der Waals surface area contributed by atoms with Gasteiger partial charge in [0.25, 0.3) is 0 Å². The summed E-state index contributed by atoms with van der Waals surface area (Å²) in [5, 5.41) is 24.3. The lowest BCUT2D eigenvalue weighted by Gasteiger charge is -2.37. The van der Waals surface area contributed by atoms with Crippen LogP contribution >= 0.6 is 0 Å². The Hall–Kier alpha value is -10.5. The molecular weight excluding hydrogens is 1430 g/mol. The molecule has 25 heteroatoms. The maximum atomic E-state index is 15.8. The number of nitrogens with one attached hydrogen (secondary N) is 9. The van der Waals surface area contributed by atoms with Gasteiger partial charge in [0.1, 0.15) is 54.4 Å². The molecule has 1 aliphatic carbocycles. The first-order valence-electron chi connectivity index (χ1n) is 38.1. The average Bonchev–Trinajstić information content (AvgIpc) is 1.47. The third kappa shape index (κ3) is 21.3.